The Morgan fingerprint density at radius 1 is 1.17 bits per heavy atom. The van der Waals surface area contributed by atoms with Gasteiger partial charge in [-0.3, -0.25) is 9.59 Å². The normalized spacial score (nSPS) is 10.2. The maximum absolute atomic E-state index is 12.2. The van der Waals surface area contributed by atoms with Crippen LogP contribution in [0.4, 0.5) is 5.82 Å². The fourth-order valence-corrected chi connectivity index (χ4v) is 2.40. The van der Waals surface area contributed by atoms with E-state index in [2.05, 4.69) is 20.6 Å². The second-order valence-electron chi connectivity index (χ2n) is 4.98. The fourth-order valence-electron chi connectivity index (χ4n) is 2.02. The van der Waals surface area contributed by atoms with Gasteiger partial charge in [0.25, 0.3) is 5.91 Å². The Labute approximate surface area is 144 Å². The first-order valence-electron chi connectivity index (χ1n) is 7.31. The molecule has 2 rings (SSSR count). The van der Waals surface area contributed by atoms with E-state index in [0.717, 1.165) is 5.56 Å². The molecule has 0 fully saturated rings. The number of nitrogen functional groups attached to an aromatic ring is 1. The number of nitrogens with zero attached hydrogens (tertiary/aromatic N) is 2. The summed E-state index contributed by atoms with van der Waals surface area (Å²) in [5.74, 6) is 0.0426. The molecule has 126 valence electrons. The highest BCUT2D eigenvalue weighted by Gasteiger charge is 2.09. The highest BCUT2D eigenvalue weighted by atomic mass is 32.2. The first-order valence-corrected chi connectivity index (χ1v) is 8.53. The van der Waals surface area contributed by atoms with Crippen LogP contribution in [0.5, 0.6) is 0 Å². The zero-order valence-electron chi connectivity index (χ0n) is 13.5. The number of aromatic nitrogens is 2. The number of anilines is 1. The van der Waals surface area contributed by atoms with Gasteiger partial charge in [0.15, 0.2) is 5.16 Å². The number of nitrogens with two attached hydrogens (primary N) is 1. The summed E-state index contributed by atoms with van der Waals surface area (Å²) in [5, 5.41) is 5.95. The fraction of sp³-hybridized carbons (Fsp3) is 0.250. The molecule has 0 aliphatic heterocycles. The number of rotatable bonds is 6. The van der Waals surface area contributed by atoms with Crippen LogP contribution in [-0.4, -0.2) is 41.1 Å². The van der Waals surface area contributed by atoms with Crippen LogP contribution in [0, 0.1) is 0 Å². The van der Waals surface area contributed by atoms with E-state index in [1.54, 1.807) is 24.3 Å². The van der Waals surface area contributed by atoms with Crippen LogP contribution in [-0.2, 0) is 4.79 Å². The molecular formula is C16H19N5O2S. The van der Waals surface area contributed by atoms with Crippen LogP contribution in [0.1, 0.15) is 17.3 Å². The maximum Gasteiger partial charge on any atom is 0.251 e. The molecule has 2 aromatic rings. The molecule has 0 aliphatic rings. The summed E-state index contributed by atoms with van der Waals surface area (Å²) in [5.41, 5.74) is 7.76. The molecule has 0 unspecified atom stereocenters. The van der Waals surface area contributed by atoms with Crippen molar-refractivity contribution in [1.82, 2.24) is 20.6 Å². The quantitative estimate of drug-likeness (QED) is 0.414. The number of hydrogen-bond donors (Lipinski definition) is 3. The summed E-state index contributed by atoms with van der Waals surface area (Å²) >= 11 is 1.40. The van der Waals surface area contributed by atoms with Gasteiger partial charge in [-0.15, -0.1) is 0 Å². The molecule has 8 heteroatoms. The highest BCUT2D eigenvalue weighted by molar-refractivity contribution is 7.98. The van der Waals surface area contributed by atoms with E-state index >= 15 is 0 Å². The Hall–Kier alpha value is -2.61. The zero-order chi connectivity index (χ0) is 17.5. The van der Waals surface area contributed by atoms with Crippen LogP contribution >= 0.6 is 11.8 Å². The standard InChI is InChI=1S/C16H19N5O2S/c1-10(22)18-6-7-19-15(23)12-5-3-4-11(8-12)13-9-14(17)21-16(20-13)24-2/h3-5,8-9H,6-7H2,1-2H3,(H,18,22)(H,19,23)(H2,17,20,21). The van der Waals surface area contributed by atoms with Gasteiger partial charge in [-0.25, -0.2) is 9.97 Å². The van der Waals surface area contributed by atoms with Gasteiger partial charge < -0.3 is 16.4 Å². The third kappa shape index (κ3) is 4.95. The summed E-state index contributed by atoms with van der Waals surface area (Å²) in [6.07, 6.45) is 1.87. The Kier molecular flexibility index (Phi) is 6.14. The lowest BCUT2D eigenvalue weighted by Gasteiger charge is -2.08. The van der Waals surface area contributed by atoms with E-state index in [1.165, 1.54) is 18.7 Å². The van der Waals surface area contributed by atoms with Gasteiger partial charge in [0, 0.05) is 37.2 Å². The predicted octanol–water partition coefficient (Wildman–Crippen LogP) is 1.31. The van der Waals surface area contributed by atoms with Crippen molar-refractivity contribution in [3.8, 4) is 11.3 Å². The minimum atomic E-state index is -0.214. The predicted molar refractivity (Wildman–Crippen MR) is 94.7 cm³/mol. The average Bonchev–Trinajstić information content (AvgIpc) is 2.57. The minimum absolute atomic E-state index is 0.128. The van der Waals surface area contributed by atoms with E-state index < -0.39 is 0 Å². The van der Waals surface area contributed by atoms with E-state index in [-0.39, 0.29) is 11.8 Å². The minimum Gasteiger partial charge on any atom is -0.384 e. The number of carbonyl (C=O) groups is 2. The van der Waals surface area contributed by atoms with Crippen LogP contribution in [0.15, 0.2) is 35.5 Å². The lowest BCUT2D eigenvalue weighted by atomic mass is 10.1. The van der Waals surface area contributed by atoms with Crippen LogP contribution in [0.2, 0.25) is 0 Å². The molecule has 0 atom stereocenters. The molecule has 1 heterocycles. The first kappa shape index (κ1) is 17.7. The van der Waals surface area contributed by atoms with Crippen molar-refractivity contribution >= 4 is 29.4 Å². The van der Waals surface area contributed by atoms with Gasteiger partial charge in [0.2, 0.25) is 5.91 Å². The summed E-state index contributed by atoms with van der Waals surface area (Å²) in [6, 6.07) is 8.79. The second kappa shape index (κ2) is 8.30. The monoisotopic (exact) mass is 345 g/mol. The van der Waals surface area contributed by atoms with Crippen molar-refractivity contribution in [3.05, 3.63) is 35.9 Å². The molecule has 4 N–H and O–H groups in total. The molecular weight excluding hydrogens is 326 g/mol. The third-order valence-corrected chi connectivity index (χ3v) is 3.66. The van der Waals surface area contributed by atoms with Gasteiger partial charge >= 0.3 is 0 Å². The van der Waals surface area contributed by atoms with E-state index in [9.17, 15) is 9.59 Å². The number of thioether (sulfide) groups is 1. The van der Waals surface area contributed by atoms with Crippen LogP contribution in [0.3, 0.4) is 0 Å². The van der Waals surface area contributed by atoms with Gasteiger partial charge in [-0.1, -0.05) is 23.9 Å². The zero-order valence-corrected chi connectivity index (χ0v) is 14.3. The van der Waals surface area contributed by atoms with Crippen molar-refractivity contribution in [2.45, 2.75) is 12.1 Å². The summed E-state index contributed by atoms with van der Waals surface area (Å²) < 4.78 is 0. The summed E-state index contributed by atoms with van der Waals surface area (Å²) in [4.78, 5) is 31.5. The molecule has 1 aromatic heterocycles. The summed E-state index contributed by atoms with van der Waals surface area (Å²) in [7, 11) is 0. The number of nitrogens with one attached hydrogen (secondary N) is 2. The third-order valence-electron chi connectivity index (χ3n) is 3.11. The number of hydrogen-bond acceptors (Lipinski definition) is 6. The Morgan fingerprint density at radius 3 is 2.62 bits per heavy atom. The molecule has 2 amide bonds. The van der Waals surface area contributed by atoms with Crippen LogP contribution < -0.4 is 16.4 Å². The van der Waals surface area contributed by atoms with E-state index in [0.29, 0.717) is 35.3 Å². The van der Waals surface area contributed by atoms with Crippen molar-refractivity contribution in [1.29, 1.82) is 0 Å². The summed E-state index contributed by atoms with van der Waals surface area (Å²) in [6.45, 7) is 2.18. The number of carbonyl (C=O) groups excluding carboxylic acids is 2. The maximum atomic E-state index is 12.2. The average molecular weight is 345 g/mol. The molecule has 24 heavy (non-hydrogen) atoms. The van der Waals surface area contributed by atoms with E-state index in [4.69, 9.17) is 5.73 Å². The highest BCUT2D eigenvalue weighted by Crippen LogP contribution is 2.22. The van der Waals surface area contributed by atoms with Crippen molar-refractivity contribution in [2.24, 2.45) is 0 Å². The van der Waals surface area contributed by atoms with Gasteiger partial charge in [-0.2, -0.15) is 0 Å². The molecule has 0 bridgehead atoms. The molecule has 0 spiro atoms. The van der Waals surface area contributed by atoms with Crippen molar-refractivity contribution in [2.75, 3.05) is 25.1 Å². The SMILES string of the molecule is CSc1nc(N)cc(-c2cccc(C(=O)NCCNC(C)=O)c2)n1. The van der Waals surface area contributed by atoms with Gasteiger partial charge in [0.1, 0.15) is 5.82 Å². The lowest BCUT2D eigenvalue weighted by molar-refractivity contribution is -0.118. The lowest BCUT2D eigenvalue weighted by Crippen LogP contribution is -2.33. The number of benzene rings is 1. The number of amides is 2. The van der Waals surface area contributed by atoms with E-state index in [1.807, 2.05) is 12.3 Å². The second-order valence-corrected chi connectivity index (χ2v) is 5.76. The molecule has 0 aliphatic carbocycles. The molecule has 0 saturated carbocycles. The van der Waals surface area contributed by atoms with Crippen molar-refractivity contribution < 1.29 is 9.59 Å². The Balaban J connectivity index is 2.12. The molecule has 1 aromatic carbocycles. The van der Waals surface area contributed by atoms with Crippen LogP contribution in [0.25, 0.3) is 11.3 Å². The van der Waals surface area contributed by atoms with Gasteiger partial charge in [-0.05, 0) is 18.4 Å². The largest absolute Gasteiger partial charge is 0.384 e. The first-order chi connectivity index (χ1) is 11.5. The smallest absolute Gasteiger partial charge is 0.251 e. The Bertz CT molecular complexity index is 751. The molecule has 7 nitrogen and oxygen atoms in total. The van der Waals surface area contributed by atoms with Crippen molar-refractivity contribution in [3.63, 3.8) is 0 Å². The molecule has 0 saturated heterocycles. The Morgan fingerprint density at radius 2 is 1.92 bits per heavy atom. The topological polar surface area (TPSA) is 110 Å². The molecule has 0 radical (unpaired) electrons. The van der Waals surface area contributed by atoms with Gasteiger partial charge in [0.05, 0.1) is 5.69 Å².